The van der Waals surface area contributed by atoms with Gasteiger partial charge < -0.3 is 30.0 Å². The van der Waals surface area contributed by atoms with Crippen LogP contribution in [0.25, 0.3) is 11.0 Å². The van der Waals surface area contributed by atoms with Crippen molar-refractivity contribution < 1.29 is 19.7 Å². The number of rotatable bonds is 3. The minimum absolute atomic E-state index is 0.0135. The molecule has 1 aliphatic heterocycles. The Labute approximate surface area is 184 Å². The molecule has 0 amide bonds. The van der Waals surface area contributed by atoms with E-state index < -0.39 is 5.79 Å². The molecule has 0 saturated carbocycles. The summed E-state index contributed by atoms with van der Waals surface area (Å²) in [5.74, 6) is -0.988. The monoisotopic (exact) mass is 442 g/mol. The van der Waals surface area contributed by atoms with Gasteiger partial charge >= 0.3 is 0 Å². The highest BCUT2D eigenvalue weighted by molar-refractivity contribution is 7.97. The molecule has 30 heavy (non-hydrogen) atoms. The molecule has 2 unspecified atom stereocenters. The summed E-state index contributed by atoms with van der Waals surface area (Å²) >= 11 is 1.75. The van der Waals surface area contributed by atoms with E-state index in [4.69, 9.17) is 25.4 Å². The van der Waals surface area contributed by atoms with E-state index in [0.717, 1.165) is 29.6 Å². The average molecular weight is 443 g/mol. The fourth-order valence-electron chi connectivity index (χ4n) is 2.88. The molecule has 9 heteroatoms. The van der Waals surface area contributed by atoms with E-state index in [0.29, 0.717) is 12.4 Å². The van der Waals surface area contributed by atoms with E-state index in [9.17, 15) is 0 Å². The van der Waals surface area contributed by atoms with Crippen LogP contribution in [0.5, 0.6) is 0 Å². The number of anilines is 1. The van der Waals surface area contributed by atoms with E-state index in [1.165, 1.54) is 20.2 Å². The van der Waals surface area contributed by atoms with Crippen LogP contribution in [0.4, 0.5) is 5.82 Å². The first-order valence-electron chi connectivity index (χ1n) is 9.99. The molecule has 4 N–H and O–H groups in total. The van der Waals surface area contributed by atoms with E-state index in [-0.39, 0.29) is 17.9 Å². The number of aliphatic hydroxyl groups is 2. The quantitative estimate of drug-likeness (QED) is 0.619. The first-order chi connectivity index (χ1) is 13.8. The fourth-order valence-corrected chi connectivity index (χ4v) is 2.88. The van der Waals surface area contributed by atoms with Gasteiger partial charge in [-0.2, -0.15) is 11.8 Å². The highest BCUT2D eigenvalue weighted by Crippen LogP contribution is 2.34. The number of hydrogen-bond donors (Lipinski definition) is 3. The molecule has 3 heterocycles. The van der Waals surface area contributed by atoms with Crippen LogP contribution >= 0.6 is 11.8 Å². The first kappa shape index (κ1) is 26.6. The van der Waals surface area contributed by atoms with Gasteiger partial charge in [-0.25, -0.2) is 9.97 Å². The molecule has 2 aromatic heterocycles. The molecule has 0 aromatic carbocycles. The average Bonchev–Trinajstić information content (AvgIpc) is 3.16. The lowest BCUT2D eigenvalue weighted by atomic mass is 10.2. The number of thioether (sulfide) groups is 1. The number of nitrogen functional groups attached to an aromatic ring is 1. The Morgan fingerprint density at radius 1 is 1.20 bits per heavy atom. The molecule has 3 rings (SSSR count). The van der Waals surface area contributed by atoms with E-state index in [1.54, 1.807) is 11.8 Å². The van der Waals surface area contributed by atoms with E-state index in [2.05, 4.69) is 35.3 Å². The van der Waals surface area contributed by atoms with Crippen molar-refractivity contribution in [1.29, 1.82) is 0 Å². The third-order valence-corrected chi connectivity index (χ3v) is 3.93. The van der Waals surface area contributed by atoms with Gasteiger partial charge in [-0.3, -0.25) is 0 Å². The largest absolute Gasteiger partial charge is 0.383 e. The van der Waals surface area contributed by atoms with Gasteiger partial charge in [0.1, 0.15) is 24.0 Å². The van der Waals surface area contributed by atoms with Crippen molar-refractivity contribution in [3.63, 3.8) is 0 Å². The second-order valence-electron chi connectivity index (χ2n) is 8.77. The molecule has 0 aliphatic carbocycles. The van der Waals surface area contributed by atoms with Crippen molar-refractivity contribution in [2.24, 2.45) is 0 Å². The molecule has 2 aromatic rings. The Balaban J connectivity index is 0.000000485. The minimum atomic E-state index is -1.50. The van der Waals surface area contributed by atoms with Crippen LogP contribution in [-0.4, -0.2) is 61.4 Å². The highest BCUT2D eigenvalue weighted by atomic mass is 32.2. The summed E-state index contributed by atoms with van der Waals surface area (Å²) in [6.07, 6.45) is 7.64. The van der Waals surface area contributed by atoms with Crippen LogP contribution < -0.4 is 5.73 Å². The molecular weight excluding hydrogens is 404 g/mol. The Morgan fingerprint density at radius 2 is 1.77 bits per heavy atom. The molecule has 8 nitrogen and oxygen atoms in total. The maximum absolute atomic E-state index is 8.08. The third kappa shape index (κ3) is 9.18. The van der Waals surface area contributed by atoms with Crippen molar-refractivity contribution >= 4 is 28.6 Å². The normalized spacial score (nSPS) is 19.1. The highest BCUT2D eigenvalue weighted by Gasteiger charge is 2.30. The second kappa shape index (κ2) is 11.3. The summed E-state index contributed by atoms with van der Waals surface area (Å²) in [6, 6.07) is 2.02. The van der Waals surface area contributed by atoms with Gasteiger partial charge in [0.25, 0.3) is 0 Å². The van der Waals surface area contributed by atoms with E-state index in [1.807, 2.05) is 25.5 Å². The topological polar surface area (TPSA) is 116 Å². The van der Waals surface area contributed by atoms with Crippen molar-refractivity contribution in [2.75, 3.05) is 24.9 Å². The standard InChI is InChI=1S/C16H24N4O2.C3H8O2.C2H6S/c1-10-7-12-14(17)18-9-19-15(12)20(10)13-6-5-11(22-13)8-21-16(2,3)4;1-3(2,4)5;1-3-2/h7,9,11,13H,5-6,8H2,1-4H3,(H2,17,18,19);4-5H,1-2H3;1-2H3. The molecule has 0 radical (unpaired) electrons. The number of nitrogens with two attached hydrogens (primary N) is 1. The van der Waals surface area contributed by atoms with E-state index >= 15 is 0 Å². The summed E-state index contributed by atoms with van der Waals surface area (Å²) in [4.78, 5) is 8.43. The smallest absolute Gasteiger partial charge is 0.156 e. The molecule has 0 spiro atoms. The third-order valence-electron chi connectivity index (χ3n) is 3.93. The Bertz CT molecular complexity index is 778. The van der Waals surface area contributed by atoms with Crippen LogP contribution in [0.15, 0.2) is 12.4 Å². The van der Waals surface area contributed by atoms with Crippen molar-refractivity contribution in [1.82, 2.24) is 14.5 Å². The van der Waals surface area contributed by atoms with Crippen LogP contribution in [0.1, 0.15) is 59.4 Å². The summed E-state index contributed by atoms with van der Waals surface area (Å²) in [5.41, 5.74) is 7.72. The van der Waals surface area contributed by atoms with Gasteiger partial charge in [0.2, 0.25) is 0 Å². The lowest BCUT2D eigenvalue weighted by Gasteiger charge is -2.23. The zero-order valence-corrected chi connectivity index (χ0v) is 20.3. The predicted molar refractivity (Wildman–Crippen MR) is 123 cm³/mol. The van der Waals surface area contributed by atoms with Crippen LogP contribution in [0.2, 0.25) is 0 Å². The molecule has 172 valence electrons. The number of ether oxygens (including phenoxy) is 2. The molecule has 1 fully saturated rings. The molecule has 1 saturated heterocycles. The van der Waals surface area contributed by atoms with Crippen molar-refractivity contribution in [2.45, 2.75) is 78.1 Å². The summed E-state index contributed by atoms with van der Waals surface area (Å²) in [7, 11) is 0. The Morgan fingerprint density at radius 3 is 2.30 bits per heavy atom. The van der Waals surface area contributed by atoms with Crippen LogP contribution in [0, 0.1) is 6.92 Å². The summed E-state index contributed by atoms with van der Waals surface area (Å²) < 4.78 is 14.1. The molecular formula is C21H38N4O4S. The maximum Gasteiger partial charge on any atom is 0.156 e. The van der Waals surface area contributed by atoms with Crippen LogP contribution in [-0.2, 0) is 9.47 Å². The second-order valence-corrected chi connectivity index (χ2v) is 9.58. The Hall–Kier alpha value is -1.39. The van der Waals surface area contributed by atoms with Gasteiger partial charge in [0.05, 0.1) is 23.7 Å². The number of aromatic nitrogens is 3. The van der Waals surface area contributed by atoms with Crippen molar-refractivity contribution in [3.05, 3.63) is 18.1 Å². The first-order valence-corrected chi connectivity index (χ1v) is 11.6. The predicted octanol–water partition coefficient (Wildman–Crippen LogP) is 3.50. The summed E-state index contributed by atoms with van der Waals surface area (Å²) in [6.45, 7) is 11.4. The van der Waals surface area contributed by atoms with Crippen LogP contribution in [0.3, 0.4) is 0 Å². The molecule has 2 atom stereocenters. The zero-order chi connectivity index (χ0) is 23.1. The fraction of sp³-hybridized carbons (Fsp3) is 0.714. The lowest BCUT2D eigenvalue weighted by molar-refractivity contribution is -0.127. The van der Waals surface area contributed by atoms with Gasteiger partial charge in [-0.15, -0.1) is 0 Å². The number of nitrogens with zero attached hydrogens (tertiary/aromatic N) is 3. The SMILES string of the molecule is CC(C)(O)O.CSC.Cc1cc2c(N)ncnc2n1C1CCC(COC(C)(C)C)O1. The molecule has 1 aliphatic rings. The van der Waals surface area contributed by atoms with Gasteiger partial charge in [-0.1, -0.05) is 0 Å². The number of aryl methyl sites for hydroxylation is 1. The maximum atomic E-state index is 8.08. The van der Waals surface area contributed by atoms with Gasteiger partial charge in [-0.05, 0) is 73.0 Å². The molecule has 0 bridgehead atoms. The number of fused-ring (bicyclic) bond motifs is 1. The van der Waals surface area contributed by atoms with Gasteiger partial charge in [0, 0.05) is 5.69 Å². The lowest BCUT2D eigenvalue weighted by Crippen LogP contribution is -2.26. The number of hydrogen-bond acceptors (Lipinski definition) is 8. The minimum Gasteiger partial charge on any atom is -0.383 e. The van der Waals surface area contributed by atoms with Crippen molar-refractivity contribution in [3.8, 4) is 0 Å². The van der Waals surface area contributed by atoms with Gasteiger partial charge in [0.15, 0.2) is 5.79 Å². The zero-order valence-electron chi connectivity index (χ0n) is 19.5. The summed E-state index contributed by atoms with van der Waals surface area (Å²) in [5, 5.41) is 17.0. The Kier molecular flexibility index (Phi) is 10.0.